The molecule has 0 saturated carbocycles. The minimum atomic E-state index is -0.715. The van der Waals surface area contributed by atoms with E-state index in [1.807, 2.05) is 0 Å². The molecule has 8 heteroatoms. The summed E-state index contributed by atoms with van der Waals surface area (Å²) < 4.78 is 18.5. The molecule has 1 aromatic rings. The summed E-state index contributed by atoms with van der Waals surface area (Å²) in [4.78, 5) is 38.5. The highest BCUT2D eigenvalue weighted by Crippen LogP contribution is 2.43. The number of urea groups is 1. The van der Waals surface area contributed by atoms with E-state index in [-0.39, 0.29) is 6.61 Å². The van der Waals surface area contributed by atoms with Crippen molar-refractivity contribution in [2.75, 3.05) is 13.2 Å². The van der Waals surface area contributed by atoms with Gasteiger partial charge in [0.15, 0.2) is 0 Å². The van der Waals surface area contributed by atoms with Crippen LogP contribution in [0.25, 0.3) is 0 Å². The number of nitrogens with one attached hydrogen (secondary N) is 2. The molecule has 0 spiro atoms. The molecule has 130 valence electrons. The van der Waals surface area contributed by atoms with E-state index in [1.54, 1.807) is 19.1 Å². The number of carbonyl (C=O) groups is 3. The minimum Gasteiger partial charge on any atom is -0.456 e. The Bertz CT molecular complexity index is 805. The first kappa shape index (κ1) is 15.6. The first-order valence-electron chi connectivity index (χ1n) is 8.05. The fourth-order valence-corrected chi connectivity index (χ4v) is 3.82. The lowest BCUT2D eigenvalue weighted by atomic mass is 9.74. The number of fused-ring (bicyclic) bond motifs is 1. The zero-order chi connectivity index (χ0) is 17.7. The van der Waals surface area contributed by atoms with E-state index in [0.29, 0.717) is 23.4 Å². The normalized spacial score (nSPS) is 28.2. The van der Waals surface area contributed by atoms with Gasteiger partial charge in [0.25, 0.3) is 0 Å². The predicted molar refractivity (Wildman–Crippen MR) is 83.5 cm³/mol. The zero-order valence-corrected chi connectivity index (χ0v) is 13.4. The van der Waals surface area contributed by atoms with Crippen molar-refractivity contribution < 1.29 is 23.5 Å². The lowest BCUT2D eigenvalue weighted by Gasteiger charge is -2.46. The van der Waals surface area contributed by atoms with Crippen molar-refractivity contribution >= 4 is 17.9 Å². The molecule has 25 heavy (non-hydrogen) atoms. The van der Waals surface area contributed by atoms with Crippen LogP contribution in [0.5, 0.6) is 0 Å². The molecule has 1 aromatic carbocycles. The number of halogens is 1. The van der Waals surface area contributed by atoms with Crippen LogP contribution >= 0.6 is 0 Å². The number of esters is 1. The molecular weight excluding hydrogens is 329 g/mol. The molecule has 0 bridgehead atoms. The van der Waals surface area contributed by atoms with Crippen molar-refractivity contribution in [3.63, 3.8) is 0 Å². The zero-order valence-electron chi connectivity index (χ0n) is 13.4. The number of hydrogen-bond donors (Lipinski definition) is 2. The summed E-state index contributed by atoms with van der Waals surface area (Å²) >= 11 is 0. The highest BCUT2D eigenvalue weighted by atomic mass is 19.1. The van der Waals surface area contributed by atoms with Gasteiger partial charge < -0.3 is 15.0 Å². The lowest BCUT2D eigenvalue weighted by Crippen LogP contribution is -2.67. The van der Waals surface area contributed by atoms with Crippen LogP contribution in [0.4, 0.5) is 9.18 Å². The van der Waals surface area contributed by atoms with E-state index in [1.165, 1.54) is 17.0 Å². The Morgan fingerprint density at radius 3 is 2.64 bits per heavy atom. The molecule has 1 saturated heterocycles. The average Bonchev–Trinajstić information content (AvgIpc) is 2.95. The van der Waals surface area contributed by atoms with E-state index in [9.17, 15) is 18.8 Å². The average molecular weight is 345 g/mol. The van der Waals surface area contributed by atoms with Crippen LogP contribution in [0.1, 0.15) is 18.4 Å². The van der Waals surface area contributed by atoms with Gasteiger partial charge in [0.1, 0.15) is 18.6 Å². The standard InChI is InChI=1S/C17H16FN3O4/c1-2-21-14-13(15(22)20-17(21)24)11(8-3-5-9(18)6-4-8)12-10(19-14)7-25-16(12)23/h3-6,11,13-14,19H,2,7H2,1H3,(H,20,22,24). The summed E-state index contributed by atoms with van der Waals surface area (Å²) in [6.45, 7) is 2.27. The molecule has 0 aromatic heterocycles. The highest BCUT2D eigenvalue weighted by Gasteiger charge is 2.53. The Hall–Kier alpha value is -2.90. The highest BCUT2D eigenvalue weighted by molar-refractivity contribution is 6.02. The summed E-state index contributed by atoms with van der Waals surface area (Å²) in [5.41, 5.74) is 1.57. The minimum absolute atomic E-state index is 0.0719. The second-order valence-electron chi connectivity index (χ2n) is 6.19. The third-order valence-electron chi connectivity index (χ3n) is 4.92. The van der Waals surface area contributed by atoms with Gasteiger partial charge in [0.2, 0.25) is 5.91 Å². The van der Waals surface area contributed by atoms with Gasteiger partial charge in [-0.25, -0.2) is 14.0 Å². The number of carbonyl (C=O) groups excluding carboxylic acids is 3. The molecule has 0 aliphatic carbocycles. The van der Waals surface area contributed by atoms with Crippen LogP contribution in [-0.2, 0) is 14.3 Å². The van der Waals surface area contributed by atoms with Crippen LogP contribution in [0.3, 0.4) is 0 Å². The fourth-order valence-electron chi connectivity index (χ4n) is 3.82. The maximum Gasteiger partial charge on any atom is 0.336 e. The third-order valence-corrected chi connectivity index (χ3v) is 4.92. The van der Waals surface area contributed by atoms with Crippen LogP contribution in [0.2, 0.25) is 0 Å². The maximum absolute atomic E-state index is 13.3. The van der Waals surface area contributed by atoms with Gasteiger partial charge >= 0.3 is 12.0 Å². The quantitative estimate of drug-likeness (QED) is 0.776. The van der Waals surface area contributed by atoms with Crippen LogP contribution in [0.15, 0.2) is 35.5 Å². The fraction of sp³-hybridized carbons (Fsp3) is 0.353. The number of rotatable bonds is 2. The molecule has 3 atom stereocenters. The van der Waals surface area contributed by atoms with Gasteiger partial charge in [-0.05, 0) is 24.6 Å². The van der Waals surface area contributed by atoms with Crippen LogP contribution < -0.4 is 10.6 Å². The second kappa shape index (κ2) is 5.58. The van der Waals surface area contributed by atoms with Crippen molar-refractivity contribution in [2.24, 2.45) is 5.92 Å². The molecule has 1 fully saturated rings. The number of nitrogens with zero attached hydrogens (tertiary/aromatic N) is 1. The van der Waals surface area contributed by atoms with Crippen molar-refractivity contribution in [2.45, 2.75) is 19.0 Å². The Labute approximate surface area is 142 Å². The summed E-state index contributed by atoms with van der Waals surface area (Å²) in [5, 5.41) is 5.47. The Balaban J connectivity index is 1.87. The molecule has 3 unspecified atom stereocenters. The number of hydrogen-bond acceptors (Lipinski definition) is 5. The molecule has 3 aliphatic rings. The molecule has 4 rings (SSSR count). The van der Waals surface area contributed by atoms with E-state index in [2.05, 4.69) is 10.6 Å². The van der Waals surface area contributed by atoms with Gasteiger partial charge in [-0.2, -0.15) is 0 Å². The van der Waals surface area contributed by atoms with Crippen molar-refractivity contribution in [1.82, 2.24) is 15.5 Å². The summed E-state index contributed by atoms with van der Waals surface area (Å²) in [7, 11) is 0. The molecule has 0 radical (unpaired) electrons. The molecule has 3 heterocycles. The van der Waals surface area contributed by atoms with E-state index in [0.717, 1.165) is 0 Å². The van der Waals surface area contributed by atoms with Gasteiger partial charge in [-0.1, -0.05) is 12.1 Å². The van der Waals surface area contributed by atoms with Crippen LogP contribution in [0, 0.1) is 11.7 Å². The Morgan fingerprint density at radius 1 is 1.24 bits per heavy atom. The van der Waals surface area contributed by atoms with Crippen molar-refractivity contribution in [1.29, 1.82) is 0 Å². The van der Waals surface area contributed by atoms with E-state index < -0.39 is 41.7 Å². The smallest absolute Gasteiger partial charge is 0.336 e. The summed E-state index contributed by atoms with van der Waals surface area (Å²) in [6, 6.07) is 5.21. The number of ether oxygens (including phenoxy) is 1. The third kappa shape index (κ3) is 2.28. The van der Waals surface area contributed by atoms with Crippen LogP contribution in [-0.4, -0.2) is 42.1 Å². The van der Waals surface area contributed by atoms with Crippen molar-refractivity contribution in [3.05, 3.63) is 46.9 Å². The molecule has 7 nitrogen and oxygen atoms in total. The number of amides is 3. The van der Waals surface area contributed by atoms with Gasteiger partial charge in [-0.3, -0.25) is 10.1 Å². The first-order valence-corrected chi connectivity index (χ1v) is 8.05. The second-order valence-corrected chi connectivity index (χ2v) is 6.19. The topological polar surface area (TPSA) is 87.7 Å². The lowest BCUT2D eigenvalue weighted by molar-refractivity contribution is -0.136. The molecular formula is C17H16FN3O4. The number of imide groups is 1. The first-order chi connectivity index (χ1) is 12.0. The van der Waals surface area contributed by atoms with Gasteiger partial charge in [0, 0.05) is 12.5 Å². The molecule has 3 aliphatic heterocycles. The SMILES string of the molecule is CCN1C(=O)NC(=O)C2C(c3ccc(F)cc3)C3=C(COC3=O)NC21. The van der Waals surface area contributed by atoms with Gasteiger partial charge in [0.05, 0.1) is 17.2 Å². The monoisotopic (exact) mass is 345 g/mol. The Kier molecular flexibility index (Phi) is 3.48. The van der Waals surface area contributed by atoms with Crippen molar-refractivity contribution in [3.8, 4) is 0 Å². The van der Waals surface area contributed by atoms with E-state index >= 15 is 0 Å². The van der Waals surface area contributed by atoms with Gasteiger partial charge in [-0.15, -0.1) is 0 Å². The molecule has 2 N–H and O–H groups in total. The Morgan fingerprint density at radius 2 is 1.96 bits per heavy atom. The maximum atomic E-state index is 13.3. The predicted octanol–water partition coefficient (Wildman–Crippen LogP) is 0.837. The summed E-state index contributed by atoms with van der Waals surface area (Å²) in [6.07, 6.45) is -0.588. The summed E-state index contributed by atoms with van der Waals surface area (Å²) in [5.74, 6) is -2.70. The van der Waals surface area contributed by atoms with E-state index in [4.69, 9.17) is 4.74 Å². The largest absolute Gasteiger partial charge is 0.456 e. The number of cyclic esters (lactones) is 1. The molecule has 3 amide bonds. The number of benzene rings is 1.